The topological polar surface area (TPSA) is 79.3 Å². The summed E-state index contributed by atoms with van der Waals surface area (Å²) in [4.78, 5) is 11.7. The van der Waals surface area contributed by atoms with E-state index in [0.29, 0.717) is 24.8 Å². The van der Waals surface area contributed by atoms with Gasteiger partial charge >= 0.3 is 5.97 Å². The Balaban J connectivity index is 1.91. The van der Waals surface area contributed by atoms with Gasteiger partial charge in [-0.2, -0.15) is 0 Å². The molecule has 0 spiro atoms. The van der Waals surface area contributed by atoms with E-state index in [9.17, 15) is 15.0 Å². The molecule has 2 saturated heterocycles. The predicted molar refractivity (Wildman–Crippen MR) is 70.8 cm³/mol. The summed E-state index contributed by atoms with van der Waals surface area (Å²) in [5.74, 6) is -0.973. The summed E-state index contributed by atoms with van der Waals surface area (Å²) < 4.78 is 10.9. The fourth-order valence-corrected chi connectivity index (χ4v) is 3.34. The molecule has 0 aromatic heterocycles. The number of hydrogen-bond donors (Lipinski definition) is 2. The lowest BCUT2D eigenvalue weighted by Crippen LogP contribution is -2.37. The highest BCUT2D eigenvalue weighted by atomic mass is 16.6. The van der Waals surface area contributed by atoms with Crippen molar-refractivity contribution in [2.24, 2.45) is 5.92 Å². The smallest absolute Gasteiger partial charge is 0.334 e. The second-order valence-electron chi connectivity index (χ2n) is 6.25. The molecule has 2 heterocycles. The average Bonchev–Trinajstić information content (AvgIpc) is 2.99. The largest absolute Gasteiger partial charge is 0.458 e. The fourth-order valence-electron chi connectivity index (χ4n) is 3.34. The molecule has 0 bridgehead atoms. The standard InChI is InChI=1S/C15H20O5/c1-7-6-10-11(8(2)14(18)19-10)12(17)13-15(3,20-13)5-4-9(7)16/h9-13,16-17H,1-2,4-6H2,3H3. The molecule has 3 aliphatic rings. The van der Waals surface area contributed by atoms with Crippen LogP contribution in [-0.4, -0.2) is 46.2 Å². The zero-order chi connectivity index (χ0) is 14.7. The van der Waals surface area contributed by atoms with Crippen LogP contribution in [0.3, 0.4) is 0 Å². The quantitative estimate of drug-likeness (QED) is 0.295. The van der Waals surface area contributed by atoms with Gasteiger partial charge in [-0.25, -0.2) is 4.79 Å². The first-order chi connectivity index (χ1) is 9.33. The number of aliphatic hydroxyl groups excluding tert-OH is 2. The van der Waals surface area contributed by atoms with Crippen LogP contribution in [0.1, 0.15) is 26.2 Å². The first-order valence-electron chi connectivity index (χ1n) is 6.95. The van der Waals surface area contributed by atoms with Gasteiger partial charge < -0.3 is 19.7 Å². The van der Waals surface area contributed by atoms with Crippen LogP contribution in [-0.2, 0) is 14.3 Å². The lowest BCUT2D eigenvalue weighted by Gasteiger charge is -2.26. The zero-order valence-electron chi connectivity index (χ0n) is 11.5. The van der Waals surface area contributed by atoms with E-state index >= 15 is 0 Å². The minimum atomic E-state index is -0.813. The Labute approximate surface area is 117 Å². The fraction of sp³-hybridized carbons (Fsp3) is 0.667. The molecule has 0 amide bonds. The van der Waals surface area contributed by atoms with Crippen LogP contribution in [0.25, 0.3) is 0 Å². The van der Waals surface area contributed by atoms with Crippen molar-refractivity contribution in [3.8, 4) is 0 Å². The van der Waals surface area contributed by atoms with E-state index < -0.39 is 35.8 Å². The lowest BCUT2D eigenvalue weighted by atomic mass is 9.80. The summed E-state index contributed by atoms with van der Waals surface area (Å²) in [5.41, 5.74) is 0.453. The molecular formula is C15H20O5. The highest BCUT2D eigenvalue weighted by Gasteiger charge is 2.60. The number of carbonyl (C=O) groups is 1. The molecule has 3 fully saturated rings. The number of epoxide rings is 1. The highest BCUT2D eigenvalue weighted by molar-refractivity contribution is 5.91. The van der Waals surface area contributed by atoms with Gasteiger partial charge in [0.05, 0.1) is 23.7 Å². The first kappa shape index (κ1) is 13.8. The number of esters is 1. The molecule has 6 unspecified atom stereocenters. The number of carbonyl (C=O) groups excluding carboxylic acids is 1. The molecule has 20 heavy (non-hydrogen) atoms. The van der Waals surface area contributed by atoms with E-state index in [-0.39, 0.29) is 11.7 Å². The number of fused-ring (bicyclic) bond motifs is 2. The van der Waals surface area contributed by atoms with E-state index in [1.807, 2.05) is 6.92 Å². The van der Waals surface area contributed by atoms with Gasteiger partial charge in [0.1, 0.15) is 12.2 Å². The van der Waals surface area contributed by atoms with Crippen LogP contribution in [0.5, 0.6) is 0 Å². The Morgan fingerprint density at radius 3 is 2.75 bits per heavy atom. The van der Waals surface area contributed by atoms with Crippen molar-refractivity contribution in [1.29, 1.82) is 0 Å². The van der Waals surface area contributed by atoms with Gasteiger partial charge in [-0.05, 0) is 25.3 Å². The normalized spacial score (nSPS) is 48.4. The third-order valence-electron chi connectivity index (χ3n) is 4.79. The van der Waals surface area contributed by atoms with Crippen LogP contribution in [0.15, 0.2) is 24.3 Å². The second kappa shape index (κ2) is 4.41. The van der Waals surface area contributed by atoms with Gasteiger partial charge in [0.2, 0.25) is 0 Å². The average molecular weight is 280 g/mol. The number of hydrogen-bond acceptors (Lipinski definition) is 5. The summed E-state index contributed by atoms with van der Waals surface area (Å²) in [6.45, 7) is 9.52. The van der Waals surface area contributed by atoms with Crippen molar-refractivity contribution < 1.29 is 24.5 Å². The van der Waals surface area contributed by atoms with E-state index in [1.165, 1.54) is 0 Å². The molecule has 5 heteroatoms. The van der Waals surface area contributed by atoms with Gasteiger partial charge in [0.15, 0.2) is 0 Å². The van der Waals surface area contributed by atoms with Gasteiger partial charge in [-0.15, -0.1) is 0 Å². The Kier molecular flexibility index (Phi) is 3.04. The Morgan fingerprint density at radius 2 is 2.05 bits per heavy atom. The van der Waals surface area contributed by atoms with Crippen molar-refractivity contribution in [3.05, 3.63) is 24.3 Å². The van der Waals surface area contributed by atoms with E-state index in [4.69, 9.17) is 9.47 Å². The first-order valence-corrected chi connectivity index (χ1v) is 6.95. The minimum absolute atomic E-state index is 0.281. The molecule has 1 saturated carbocycles. The number of ether oxygens (including phenoxy) is 2. The van der Waals surface area contributed by atoms with Gasteiger partial charge in [0, 0.05) is 12.0 Å². The van der Waals surface area contributed by atoms with Gasteiger partial charge in [-0.3, -0.25) is 0 Å². The monoisotopic (exact) mass is 280 g/mol. The van der Waals surface area contributed by atoms with Crippen LogP contribution < -0.4 is 0 Å². The van der Waals surface area contributed by atoms with Crippen LogP contribution in [0.4, 0.5) is 0 Å². The number of rotatable bonds is 0. The molecule has 3 rings (SSSR count). The second-order valence-corrected chi connectivity index (χ2v) is 6.25. The molecule has 2 N–H and O–H groups in total. The summed E-state index contributed by atoms with van der Waals surface area (Å²) >= 11 is 0. The third-order valence-corrected chi connectivity index (χ3v) is 4.79. The van der Waals surface area contributed by atoms with Crippen LogP contribution >= 0.6 is 0 Å². The van der Waals surface area contributed by atoms with Crippen molar-refractivity contribution in [3.63, 3.8) is 0 Å². The number of aliphatic hydroxyl groups is 2. The molecule has 110 valence electrons. The molecule has 0 radical (unpaired) electrons. The van der Waals surface area contributed by atoms with Crippen molar-refractivity contribution in [1.82, 2.24) is 0 Å². The maximum absolute atomic E-state index is 11.7. The SMILES string of the molecule is C=C1CC2OC(=O)C(=C)C2C(O)C2OC2(C)CCC1O. The Morgan fingerprint density at radius 1 is 1.35 bits per heavy atom. The van der Waals surface area contributed by atoms with Crippen LogP contribution in [0, 0.1) is 5.92 Å². The molecule has 6 atom stereocenters. The molecule has 0 aromatic carbocycles. The molecule has 0 aromatic rings. The summed E-state index contributed by atoms with van der Waals surface area (Å²) in [7, 11) is 0. The van der Waals surface area contributed by atoms with Crippen molar-refractivity contribution in [2.45, 2.75) is 56.2 Å². The summed E-state index contributed by atoms with van der Waals surface area (Å²) in [6.07, 6.45) is -0.777. The Hall–Kier alpha value is -1.17. The maximum Gasteiger partial charge on any atom is 0.334 e. The molecule has 5 nitrogen and oxygen atoms in total. The lowest BCUT2D eigenvalue weighted by molar-refractivity contribution is -0.139. The van der Waals surface area contributed by atoms with Crippen molar-refractivity contribution in [2.75, 3.05) is 0 Å². The van der Waals surface area contributed by atoms with E-state index in [0.717, 1.165) is 0 Å². The summed E-state index contributed by atoms with van der Waals surface area (Å²) in [6, 6.07) is 0. The van der Waals surface area contributed by atoms with Crippen molar-refractivity contribution >= 4 is 5.97 Å². The minimum Gasteiger partial charge on any atom is -0.458 e. The van der Waals surface area contributed by atoms with Gasteiger partial charge in [-0.1, -0.05) is 13.2 Å². The Bertz CT molecular complexity index is 485. The van der Waals surface area contributed by atoms with E-state index in [2.05, 4.69) is 13.2 Å². The zero-order valence-corrected chi connectivity index (χ0v) is 11.5. The van der Waals surface area contributed by atoms with E-state index in [1.54, 1.807) is 0 Å². The summed E-state index contributed by atoms with van der Waals surface area (Å²) in [5, 5.41) is 20.6. The molecular weight excluding hydrogens is 260 g/mol. The molecule has 1 aliphatic carbocycles. The maximum atomic E-state index is 11.7. The third kappa shape index (κ3) is 2.01. The van der Waals surface area contributed by atoms with Gasteiger partial charge in [0.25, 0.3) is 0 Å². The molecule has 2 aliphatic heterocycles. The highest BCUT2D eigenvalue weighted by Crippen LogP contribution is 2.48. The predicted octanol–water partition coefficient (Wildman–Crippen LogP) is 0.704. The van der Waals surface area contributed by atoms with Crippen LogP contribution in [0.2, 0.25) is 0 Å².